The molecule has 0 radical (unpaired) electrons. The highest BCUT2D eigenvalue weighted by atomic mass is 32.1. The van der Waals surface area contributed by atoms with Crippen LogP contribution in [0.4, 0.5) is 0 Å². The van der Waals surface area contributed by atoms with Crippen LogP contribution in [0.1, 0.15) is 52.4 Å². The number of rotatable bonds is 9. The fraction of sp³-hybridized carbons (Fsp3) is 0.917. The predicted octanol–water partition coefficient (Wildman–Crippen LogP) is 3.46. The lowest BCUT2D eigenvalue weighted by Gasteiger charge is -2.14. The average molecular weight is 232 g/mol. The molecule has 0 fully saturated rings. The van der Waals surface area contributed by atoms with E-state index >= 15 is 0 Å². The Labute approximate surface area is 99.2 Å². The Bertz CT molecular complexity index is 160. The van der Waals surface area contributed by atoms with Crippen LogP contribution in [0.15, 0.2) is 0 Å². The number of thiol groups is 1. The quantitative estimate of drug-likeness (QED) is 0.374. The molecule has 0 aromatic carbocycles. The molecule has 0 rings (SSSR count). The molecule has 0 heterocycles. The molecule has 0 aromatic rings. The van der Waals surface area contributed by atoms with Gasteiger partial charge in [0.1, 0.15) is 0 Å². The van der Waals surface area contributed by atoms with Crippen molar-refractivity contribution in [3.8, 4) is 0 Å². The maximum atomic E-state index is 11.1. The van der Waals surface area contributed by atoms with Crippen molar-refractivity contribution in [1.82, 2.24) is 0 Å². The fourth-order valence-electron chi connectivity index (χ4n) is 1.46. The SMILES string of the molecule is CCCCCC(CC)COC(=O)CCS. The molecule has 90 valence electrons. The minimum Gasteiger partial charge on any atom is -0.465 e. The van der Waals surface area contributed by atoms with Crippen LogP contribution in [-0.2, 0) is 9.53 Å². The Morgan fingerprint density at radius 1 is 1.33 bits per heavy atom. The van der Waals surface area contributed by atoms with Crippen molar-refractivity contribution in [3.63, 3.8) is 0 Å². The summed E-state index contributed by atoms with van der Waals surface area (Å²) in [6, 6.07) is 0. The second-order valence-electron chi connectivity index (χ2n) is 3.93. The zero-order valence-corrected chi connectivity index (χ0v) is 10.9. The fourth-order valence-corrected chi connectivity index (χ4v) is 1.65. The second kappa shape index (κ2) is 10.3. The summed E-state index contributed by atoms with van der Waals surface area (Å²) >= 11 is 4.00. The first-order chi connectivity index (χ1) is 7.24. The van der Waals surface area contributed by atoms with Crippen molar-refractivity contribution >= 4 is 18.6 Å². The van der Waals surface area contributed by atoms with Crippen LogP contribution in [-0.4, -0.2) is 18.3 Å². The van der Waals surface area contributed by atoms with E-state index in [0.29, 0.717) is 24.7 Å². The van der Waals surface area contributed by atoms with E-state index in [0.717, 1.165) is 6.42 Å². The molecule has 2 nitrogen and oxygen atoms in total. The van der Waals surface area contributed by atoms with Gasteiger partial charge in [-0.2, -0.15) is 12.6 Å². The first-order valence-electron chi connectivity index (χ1n) is 6.01. The summed E-state index contributed by atoms with van der Waals surface area (Å²) in [6.45, 7) is 4.95. The molecule has 0 bridgehead atoms. The highest BCUT2D eigenvalue weighted by molar-refractivity contribution is 7.80. The number of esters is 1. The summed E-state index contributed by atoms with van der Waals surface area (Å²) in [5.41, 5.74) is 0. The molecule has 0 N–H and O–H groups in total. The summed E-state index contributed by atoms with van der Waals surface area (Å²) in [5, 5.41) is 0. The predicted molar refractivity (Wildman–Crippen MR) is 67.4 cm³/mol. The van der Waals surface area contributed by atoms with E-state index in [1.54, 1.807) is 0 Å². The molecule has 15 heavy (non-hydrogen) atoms. The van der Waals surface area contributed by atoms with Gasteiger partial charge in [-0.3, -0.25) is 4.79 Å². The van der Waals surface area contributed by atoms with Gasteiger partial charge in [0.05, 0.1) is 13.0 Å². The standard InChI is InChI=1S/C12H24O2S/c1-3-5-6-7-11(4-2)10-14-12(13)8-9-15/h11,15H,3-10H2,1-2H3. The third-order valence-corrected chi connectivity index (χ3v) is 2.81. The molecule has 0 aromatic heterocycles. The van der Waals surface area contributed by atoms with E-state index < -0.39 is 0 Å². The number of ether oxygens (including phenoxy) is 1. The second-order valence-corrected chi connectivity index (χ2v) is 4.37. The molecule has 0 aliphatic carbocycles. The van der Waals surface area contributed by atoms with E-state index in [4.69, 9.17) is 4.74 Å². The Morgan fingerprint density at radius 3 is 2.60 bits per heavy atom. The lowest BCUT2D eigenvalue weighted by molar-refractivity contribution is -0.144. The smallest absolute Gasteiger partial charge is 0.306 e. The van der Waals surface area contributed by atoms with E-state index in [1.807, 2.05) is 0 Å². The third kappa shape index (κ3) is 8.79. The summed E-state index contributed by atoms with van der Waals surface area (Å²) in [4.78, 5) is 11.1. The monoisotopic (exact) mass is 232 g/mol. The van der Waals surface area contributed by atoms with Crippen LogP contribution in [0.25, 0.3) is 0 Å². The van der Waals surface area contributed by atoms with Crippen molar-refractivity contribution in [2.24, 2.45) is 5.92 Å². The summed E-state index contributed by atoms with van der Waals surface area (Å²) in [6.07, 6.45) is 6.47. The Hall–Kier alpha value is -0.180. The maximum Gasteiger partial charge on any atom is 0.306 e. The molecule has 0 saturated carbocycles. The van der Waals surface area contributed by atoms with Gasteiger partial charge in [-0.1, -0.05) is 39.5 Å². The number of hydrogen-bond donors (Lipinski definition) is 1. The maximum absolute atomic E-state index is 11.1. The van der Waals surface area contributed by atoms with Crippen molar-refractivity contribution in [2.45, 2.75) is 52.4 Å². The molecule has 1 atom stereocenters. The molecular formula is C12H24O2S. The summed E-state index contributed by atoms with van der Waals surface area (Å²) < 4.78 is 5.18. The van der Waals surface area contributed by atoms with Crippen molar-refractivity contribution in [3.05, 3.63) is 0 Å². The molecule has 0 saturated heterocycles. The highest BCUT2D eigenvalue weighted by Gasteiger charge is 2.09. The third-order valence-electron chi connectivity index (χ3n) is 2.59. The molecule has 0 aliphatic rings. The van der Waals surface area contributed by atoms with Crippen LogP contribution >= 0.6 is 12.6 Å². The first kappa shape index (κ1) is 14.8. The van der Waals surface area contributed by atoms with E-state index in [2.05, 4.69) is 26.5 Å². The Kier molecular flexibility index (Phi) is 10.2. The van der Waals surface area contributed by atoms with Crippen LogP contribution < -0.4 is 0 Å². The largest absolute Gasteiger partial charge is 0.465 e. The molecule has 1 unspecified atom stereocenters. The van der Waals surface area contributed by atoms with Crippen molar-refractivity contribution in [1.29, 1.82) is 0 Å². The lowest BCUT2D eigenvalue weighted by atomic mass is 10.00. The molecular weight excluding hydrogens is 208 g/mol. The van der Waals surface area contributed by atoms with Gasteiger partial charge < -0.3 is 4.74 Å². The van der Waals surface area contributed by atoms with E-state index in [9.17, 15) is 4.79 Å². The molecule has 0 spiro atoms. The zero-order valence-electron chi connectivity index (χ0n) is 10.00. The number of unbranched alkanes of at least 4 members (excludes halogenated alkanes) is 2. The number of carbonyl (C=O) groups excluding carboxylic acids is 1. The number of hydrogen-bond acceptors (Lipinski definition) is 3. The van der Waals surface area contributed by atoms with Gasteiger partial charge in [0.2, 0.25) is 0 Å². The topological polar surface area (TPSA) is 26.3 Å². The summed E-state index contributed by atoms with van der Waals surface area (Å²) in [5.74, 6) is 1.00. The minimum atomic E-state index is -0.112. The van der Waals surface area contributed by atoms with Crippen molar-refractivity contribution < 1.29 is 9.53 Å². The molecule has 0 aliphatic heterocycles. The van der Waals surface area contributed by atoms with Crippen LogP contribution in [0.3, 0.4) is 0 Å². The van der Waals surface area contributed by atoms with Gasteiger partial charge in [-0.15, -0.1) is 0 Å². The van der Waals surface area contributed by atoms with Crippen LogP contribution in [0.2, 0.25) is 0 Å². The average Bonchev–Trinajstić information content (AvgIpc) is 2.23. The highest BCUT2D eigenvalue weighted by Crippen LogP contribution is 2.14. The molecule has 0 amide bonds. The normalized spacial score (nSPS) is 12.5. The van der Waals surface area contributed by atoms with Crippen molar-refractivity contribution in [2.75, 3.05) is 12.4 Å². The lowest BCUT2D eigenvalue weighted by Crippen LogP contribution is -2.14. The zero-order chi connectivity index (χ0) is 11.5. The van der Waals surface area contributed by atoms with E-state index in [1.165, 1.54) is 25.7 Å². The van der Waals surface area contributed by atoms with Gasteiger partial charge in [0.15, 0.2) is 0 Å². The van der Waals surface area contributed by atoms with E-state index in [-0.39, 0.29) is 5.97 Å². The minimum absolute atomic E-state index is 0.112. The Morgan fingerprint density at radius 2 is 2.07 bits per heavy atom. The van der Waals surface area contributed by atoms with Gasteiger partial charge >= 0.3 is 5.97 Å². The van der Waals surface area contributed by atoms with Crippen LogP contribution in [0, 0.1) is 5.92 Å². The molecule has 3 heteroatoms. The Balaban J connectivity index is 3.55. The first-order valence-corrected chi connectivity index (χ1v) is 6.64. The van der Waals surface area contributed by atoms with Crippen LogP contribution in [0.5, 0.6) is 0 Å². The van der Waals surface area contributed by atoms with Gasteiger partial charge in [-0.25, -0.2) is 0 Å². The van der Waals surface area contributed by atoms with Gasteiger partial charge in [0, 0.05) is 5.75 Å². The summed E-state index contributed by atoms with van der Waals surface area (Å²) in [7, 11) is 0. The van der Waals surface area contributed by atoms with Gasteiger partial charge in [0.25, 0.3) is 0 Å². The van der Waals surface area contributed by atoms with Gasteiger partial charge in [-0.05, 0) is 12.3 Å². The number of carbonyl (C=O) groups is 1.